The Morgan fingerprint density at radius 3 is 2.10 bits per heavy atom. The predicted molar refractivity (Wildman–Crippen MR) is 137 cm³/mol. The molecule has 0 spiro atoms. The predicted octanol–water partition coefficient (Wildman–Crippen LogP) is -0.716. The van der Waals surface area contributed by atoms with Crippen molar-refractivity contribution in [1.29, 1.82) is 0 Å². The summed E-state index contributed by atoms with van der Waals surface area (Å²) in [6.45, 7) is 2.81. The van der Waals surface area contributed by atoms with Gasteiger partial charge < -0.3 is 64.2 Å². The summed E-state index contributed by atoms with van der Waals surface area (Å²) in [6, 6.07) is 7.71. The molecule has 2 aliphatic heterocycles. The van der Waals surface area contributed by atoms with Gasteiger partial charge in [-0.3, -0.25) is 4.79 Å². The molecule has 2 fully saturated rings. The molecule has 5 rings (SSSR count). The van der Waals surface area contributed by atoms with Gasteiger partial charge in [0.05, 0.1) is 12.2 Å². The third kappa shape index (κ3) is 5.31. The Labute approximate surface area is 231 Å². The van der Waals surface area contributed by atoms with Crippen molar-refractivity contribution in [3.63, 3.8) is 0 Å². The molecule has 0 bridgehead atoms. The summed E-state index contributed by atoms with van der Waals surface area (Å²) >= 11 is 0. The molecule has 0 radical (unpaired) electrons. The SMILES string of the molecule is C[C@H](O)[C@@H]1O[C@H](Oc2c(-c3ccc(O)cc3)oc3cc(O[C@H]4O[C@H](C)[C@@H](O)[C@H](O)[C@@H]4O)cc(O)c3c2=O)[C@@H](O)[C@@H]1O. The number of phenols is 2. The highest BCUT2D eigenvalue weighted by atomic mass is 16.7. The summed E-state index contributed by atoms with van der Waals surface area (Å²) in [4.78, 5) is 13.7. The number of hydrogen-bond acceptors (Lipinski definition) is 14. The minimum atomic E-state index is -1.65. The first-order valence-electron chi connectivity index (χ1n) is 12.7. The van der Waals surface area contributed by atoms with E-state index in [1.807, 2.05) is 0 Å². The number of aliphatic hydroxyl groups is 6. The second-order valence-electron chi connectivity index (χ2n) is 10.1. The van der Waals surface area contributed by atoms with Crippen molar-refractivity contribution in [2.75, 3.05) is 0 Å². The summed E-state index contributed by atoms with van der Waals surface area (Å²) in [7, 11) is 0. The third-order valence-corrected chi connectivity index (χ3v) is 7.06. The van der Waals surface area contributed by atoms with Crippen LogP contribution >= 0.6 is 0 Å². The van der Waals surface area contributed by atoms with E-state index >= 15 is 0 Å². The first-order chi connectivity index (χ1) is 19.4. The summed E-state index contributed by atoms with van der Waals surface area (Å²) < 4.78 is 28.1. The fraction of sp³-hybridized carbons (Fsp3) is 0.444. The molecular formula is C27H30O14. The van der Waals surface area contributed by atoms with Gasteiger partial charge >= 0.3 is 0 Å². The van der Waals surface area contributed by atoms with Gasteiger partial charge in [0.2, 0.25) is 23.8 Å². The van der Waals surface area contributed by atoms with E-state index in [1.54, 1.807) is 0 Å². The van der Waals surface area contributed by atoms with Crippen LogP contribution in [0.1, 0.15) is 13.8 Å². The number of fused-ring (bicyclic) bond motifs is 1. The van der Waals surface area contributed by atoms with Crippen LogP contribution in [0.15, 0.2) is 45.6 Å². The van der Waals surface area contributed by atoms with E-state index in [9.17, 15) is 45.6 Å². The van der Waals surface area contributed by atoms with E-state index in [1.165, 1.54) is 44.2 Å². The zero-order valence-corrected chi connectivity index (χ0v) is 21.8. The van der Waals surface area contributed by atoms with Crippen LogP contribution in [0.25, 0.3) is 22.3 Å². The number of ether oxygens (including phenoxy) is 4. The molecule has 14 heteroatoms. The topological polar surface area (TPSA) is 229 Å². The van der Waals surface area contributed by atoms with E-state index in [4.69, 9.17) is 23.4 Å². The van der Waals surface area contributed by atoms with Crippen LogP contribution in [0.2, 0.25) is 0 Å². The number of aliphatic hydroxyl groups excluding tert-OH is 6. The van der Waals surface area contributed by atoms with E-state index in [-0.39, 0.29) is 33.8 Å². The van der Waals surface area contributed by atoms with Crippen LogP contribution in [0.3, 0.4) is 0 Å². The molecule has 41 heavy (non-hydrogen) atoms. The Bertz CT molecular complexity index is 1450. The normalized spacial score (nSPS) is 32.6. The highest BCUT2D eigenvalue weighted by Crippen LogP contribution is 2.38. The maximum Gasteiger partial charge on any atom is 0.239 e. The maximum atomic E-state index is 13.7. The van der Waals surface area contributed by atoms with Crippen LogP contribution in [0.4, 0.5) is 0 Å². The molecule has 10 atom stereocenters. The average Bonchev–Trinajstić information content (AvgIpc) is 3.21. The first-order valence-corrected chi connectivity index (χ1v) is 12.7. The van der Waals surface area contributed by atoms with Crippen LogP contribution in [-0.2, 0) is 9.47 Å². The van der Waals surface area contributed by atoms with Gasteiger partial charge in [-0.05, 0) is 38.1 Å². The van der Waals surface area contributed by atoms with Crippen LogP contribution in [-0.4, -0.2) is 102 Å². The van der Waals surface area contributed by atoms with Gasteiger partial charge in [0.15, 0.2) is 5.76 Å². The molecule has 3 heterocycles. The second-order valence-corrected chi connectivity index (χ2v) is 10.1. The molecule has 0 saturated carbocycles. The van der Waals surface area contributed by atoms with Crippen LogP contribution < -0.4 is 14.9 Å². The molecule has 8 N–H and O–H groups in total. The maximum absolute atomic E-state index is 13.7. The highest BCUT2D eigenvalue weighted by Gasteiger charge is 2.47. The van der Waals surface area contributed by atoms with Gasteiger partial charge in [-0.25, -0.2) is 0 Å². The molecule has 3 aromatic rings. The number of hydrogen-bond donors (Lipinski definition) is 8. The largest absolute Gasteiger partial charge is 0.508 e. The van der Waals surface area contributed by atoms with Crippen molar-refractivity contribution in [2.24, 2.45) is 0 Å². The lowest BCUT2D eigenvalue weighted by molar-refractivity contribution is -0.268. The molecule has 0 aliphatic carbocycles. The van der Waals surface area contributed by atoms with Gasteiger partial charge in [-0.2, -0.15) is 0 Å². The standard InChI is InChI=1S/C27H30O14/c1-9(28)23-20(34)22(36)27(40-23)41-25-18(32)16-14(30)7-13(38-26-21(35)19(33)17(31)10(2)37-26)8-15(16)39-24(25)11-3-5-12(29)6-4-11/h3-10,17,19-23,26-31,33-36H,1-2H3/t9-,10+,17+,19-,20-,21-,22-,23-,26+,27+/m0/s1. The summed E-state index contributed by atoms with van der Waals surface area (Å²) in [6.07, 6.45) is -14.1. The number of aromatic hydroxyl groups is 2. The van der Waals surface area contributed by atoms with Gasteiger partial charge in [0.1, 0.15) is 64.8 Å². The Kier molecular flexibility index (Phi) is 7.84. The lowest BCUT2D eigenvalue weighted by Gasteiger charge is -2.38. The molecule has 222 valence electrons. The molecule has 0 amide bonds. The fourth-order valence-corrected chi connectivity index (χ4v) is 4.76. The van der Waals surface area contributed by atoms with E-state index < -0.39 is 78.3 Å². The number of benzene rings is 2. The minimum Gasteiger partial charge on any atom is -0.508 e. The van der Waals surface area contributed by atoms with Gasteiger partial charge in [-0.15, -0.1) is 0 Å². The Balaban J connectivity index is 1.58. The third-order valence-electron chi connectivity index (χ3n) is 7.06. The molecule has 14 nitrogen and oxygen atoms in total. The molecule has 2 aromatic carbocycles. The van der Waals surface area contributed by atoms with Gasteiger partial charge in [-0.1, -0.05) is 0 Å². The first kappa shape index (κ1) is 29.0. The van der Waals surface area contributed by atoms with Crippen molar-refractivity contribution < 1.29 is 64.2 Å². The zero-order chi connectivity index (χ0) is 29.7. The highest BCUT2D eigenvalue weighted by molar-refractivity contribution is 5.88. The molecule has 2 aliphatic rings. The van der Waals surface area contributed by atoms with Crippen molar-refractivity contribution in [3.05, 3.63) is 46.6 Å². The van der Waals surface area contributed by atoms with E-state index in [2.05, 4.69) is 0 Å². The average molecular weight is 579 g/mol. The van der Waals surface area contributed by atoms with Crippen molar-refractivity contribution >= 4 is 11.0 Å². The summed E-state index contributed by atoms with van der Waals surface area (Å²) in [5.41, 5.74) is -0.862. The monoisotopic (exact) mass is 578 g/mol. The number of phenolic OH excluding ortho intramolecular Hbond substituents is 2. The fourth-order valence-electron chi connectivity index (χ4n) is 4.76. The summed E-state index contributed by atoms with van der Waals surface area (Å²) in [5, 5.41) is 81.0. The lowest BCUT2D eigenvalue weighted by Crippen LogP contribution is -2.58. The molecule has 1 aromatic heterocycles. The summed E-state index contributed by atoms with van der Waals surface area (Å²) in [5.74, 6) is -1.54. The van der Waals surface area contributed by atoms with E-state index in [0.29, 0.717) is 0 Å². The molecular weight excluding hydrogens is 548 g/mol. The number of rotatable bonds is 6. The Hall–Kier alpha value is -3.47. The molecule has 0 unspecified atom stereocenters. The van der Waals surface area contributed by atoms with Crippen LogP contribution in [0, 0.1) is 0 Å². The Morgan fingerprint density at radius 2 is 1.46 bits per heavy atom. The smallest absolute Gasteiger partial charge is 0.239 e. The minimum absolute atomic E-state index is 0.0855. The lowest BCUT2D eigenvalue weighted by atomic mass is 10.00. The Morgan fingerprint density at radius 1 is 0.829 bits per heavy atom. The van der Waals surface area contributed by atoms with Gasteiger partial charge in [0, 0.05) is 17.7 Å². The van der Waals surface area contributed by atoms with Crippen molar-refractivity contribution in [1.82, 2.24) is 0 Å². The van der Waals surface area contributed by atoms with Crippen molar-refractivity contribution in [2.45, 2.75) is 75.3 Å². The van der Waals surface area contributed by atoms with E-state index in [0.717, 1.165) is 6.07 Å². The van der Waals surface area contributed by atoms with Gasteiger partial charge in [0.25, 0.3) is 0 Å². The second kappa shape index (κ2) is 11.1. The quantitative estimate of drug-likeness (QED) is 0.181. The molecule has 2 saturated heterocycles. The van der Waals surface area contributed by atoms with Crippen LogP contribution in [0.5, 0.6) is 23.0 Å². The zero-order valence-electron chi connectivity index (χ0n) is 21.8. The van der Waals surface area contributed by atoms with Crippen molar-refractivity contribution in [3.8, 4) is 34.3 Å².